The SMILES string of the molecule is COC(=O)c1ccc(C(=O)N2CCN([C@H](c3ccccc3)c3ccc(Cl)cc3)CC2)cc1. The molecule has 1 aliphatic rings. The van der Waals surface area contributed by atoms with Crippen molar-refractivity contribution < 1.29 is 14.3 Å². The molecular formula is C26H25ClN2O3. The van der Waals surface area contributed by atoms with Gasteiger partial charge in [0.15, 0.2) is 0 Å². The molecule has 0 saturated carbocycles. The molecule has 4 rings (SSSR count). The van der Waals surface area contributed by atoms with Gasteiger partial charge in [0.1, 0.15) is 0 Å². The van der Waals surface area contributed by atoms with Crippen LogP contribution in [0.1, 0.15) is 37.9 Å². The number of piperazine rings is 1. The normalized spacial score (nSPS) is 15.2. The molecule has 0 spiro atoms. The Kier molecular flexibility index (Phi) is 6.88. The Morgan fingerprint density at radius 2 is 1.34 bits per heavy atom. The molecule has 6 heteroatoms. The van der Waals surface area contributed by atoms with Crippen molar-refractivity contribution in [2.24, 2.45) is 0 Å². The first kappa shape index (κ1) is 22.1. The van der Waals surface area contributed by atoms with Crippen LogP contribution in [0, 0.1) is 0 Å². The minimum absolute atomic E-state index is 0.0242. The number of hydrogen-bond acceptors (Lipinski definition) is 4. The number of rotatable bonds is 5. The predicted octanol–water partition coefficient (Wildman–Crippen LogP) is 4.67. The Bertz CT molecular complexity index is 1060. The van der Waals surface area contributed by atoms with E-state index in [1.807, 2.05) is 23.1 Å². The fourth-order valence-electron chi connectivity index (χ4n) is 4.13. The van der Waals surface area contributed by atoms with Crippen LogP contribution in [0.5, 0.6) is 0 Å². The third kappa shape index (κ3) is 4.85. The lowest BCUT2D eigenvalue weighted by atomic mass is 9.96. The molecule has 0 aromatic heterocycles. The van der Waals surface area contributed by atoms with Gasteiger partial charge in [0.25, 0.3) is 5.91 Å². The van der Waals surface area contributed by atoms with Crippen LogP contribution in [0.15, 0.2) is 78.9 Å². The zero-order valence-electron chi connectivity index (χ0n) is 17.9. The number of esters is 1. The minimum atomic E-state index is -0.410. The van der Waals surface area contributed by atoms with Crippen molar-refractivity contribution in [3.8, 4) is 0 Å². The first-order chi connectivity index (χ1) is 15.6. The molecule has 0 unspecified atom stereocenters. The van der Waals surface area contributed by atoms with Gasteiger partial charge in [-0.3, -0.25) is 9.69 Å². The number of nitrogens with zero attached hydrogens (tertiary/aromatic N) is 2. The van der Waals surface area contributed by atoms with Gasteiger partial charge in [-0.2, -0.15) is 0 Å². The van der Waals surface area contributed by atoms with Crippen LogP contribution in [0.3, 0.4) is 0 Å². The van der Waals surface area contributed by atoms with Gasteiger partial charge in [0.2, 0.25) is 0 Å². The van der Waals surface area contributed by atoms with Crippen LogP contribution in [0.4, 0.5) is 0 Å². The minimum Gasteiger partial charge on any atom is -0.465 e. The topological polar surface area (TPSA) is 49.9 Å². The van der Waals surface area contributed by atoms with Gasteiger partial charge in [-0.15, -0.1) is 0 Å². The van der Waals surface area contributed by atoms with E-state index in [0.717, 1.165) is 13.1 Å². The smallest absolute Gasteiger partial charge is 0.337 e. The largest absolute Gasteiger partial charge is 0.465 e. The molecule has 3 aromatic rings. The van der Waals surface area contributed by atoms with Gasteiger partial charge in [-0.05, 0) is 47.5 Å². The molecule has 0 aliphatic carbocycles. The first-order valence-corrected chi connectivity index (χ1v) is 11.0. The Balaban J connectivity index is 1.47. The third-order valence-corrected chi connectivity index (χ3v) is 6.07. The maximum absolute atomic E-state index is 13.0. The lowest BCUT2D eigenvalue weighted by Gasteiger charge is -2.39. The molecule has 1 amide bonds. The van der Waals surface area contributed by atoms with Crippen molar-refractivity contribution in [1.29, 1.82) is 0 Å². The summed E-state index contributed by atoms with van der Waals surface area (Å²) < 4.78 is 4.72. The number of halogens is 1. The highest BCUT2D eigenvalue weighted by Gasteiger charge is 2.28. The summed E-state index contributed by atoms with van der Waals surface area (Å²) >= 11 is 6.11. The van der Waals surface area contributed by atoms with Crippen LogP contribution in [0.25, 0.3) is 0 Å². The van der Waals surface area contributed by atoms with Crippen molar-refractivity contribution in [2.45, 2.75) is 6.04 Å². The quantitative estimate of drug-likeness (QED) is 0.532. The number of amides is 1. The number of hydrogen-bond donors (Lipinski definition) is 0. The molecule has 1 heterocycles. The summed E-state index contributed by atoms with van der Waals surface area (Å²) in [5, 5.41) is 0.717. The summed E-state index contributed by atoms with van der Waals surface area (Å²) in [6.45, 7) is 2.78. The number of carbonyl (C=O) groups excluding carboxylic acids is 2. The molecule has 5 nitrogen and oxygen atoms in total. The van der Waals surface area contributed by atoms with E-state index in [-0.39, 0.29) is 11.9 Å². The van der Waals surface area contributed by atoms with E-state index >= 15 is 0 Å². The Morgan fingerprint density at radius 1 is 0.781 bits per heavy atom. The second kappa shape index (κ2) is 9.98. The zero-order valence-corrected chi connectivity index (χ0v) is 18.7. The Labute approximate surface area is 193 Å². The number of ether oxygens (including phenoxy) is 1. The van der Waals surface area contributed by atoms with Crippen LogP contribution in [-0.4, -0.2) is 55.0 Å². The molecular weight excluding hydrogens is 424 g/mol. The van der Waals surface area contributed by atoms with Gasteiger partial charge < -0.3 is 9.64 Å². The molecule has 0 radical (unpaired) electrons. The highest BCUT2D eigenvalue weighted by atomic mass is 35.5. The first-order valence-electron chi connectivity index (χ1n) is 10.6. The molecule has 1 fully saturated rings. The fraction of sp³-hybridized carbons (Fsp3) is 0.231. The fourth-order valence-corrected chi connectivity index (χ4v) is 4.25. The average molecular weight is 449 g/mol. The van der Waals surface area contributed by atoms with Crippen LogP contribution < -0.4 is 0 Å². The summed E-state index contributed by atoms with van der Waals surface area (Å²) in [5.74, 6) is -0.435. The maximum atomic E-state index is 13.0. The molecule has 32 heavy (non-hydrogen) atoms. The Hall–Kier alpha value is -3.15. The maximum Gasteiger partial charge on any atom is 0.337 e. The molecule has 164 valence electrons. The molecule has 0 N–H and O–H groups in total. The highest BCUT2D eigenvalue weighted by Crippen LogP contribution is 2.30. The molecule has 3 aromatic carbocycles. The molecule has 0 bridgehead atoms. The van der Waals surface area contributed by atoms with Gasteiger partial charge in [-0.1, -0.05) is 54.1 Å². The summed E-state index contributed by atoms with van der Waals surface area (Å²) in [7, 11) is 1.34. The van der Waals surface area contributed by atoms with Crippen LogP contribution in [-0.2, 0) is 4.74 Å². The summed E-state index contributed by atoms with van der Waals surface area (Å²) in [6.07, 6.45) is 0. The zero-order chi connectivity index (χ0) is 22.5. The highest BCUT2D eigenvalue weighted by molar-refractivity contribution is 6.30. The number of carbonyl (C=O) groups is 2. The van der Waals surface area contributed by atoms with Gasteiger partial charge in [0, 0.05) is 36.8 Å². The van der Waals surface area contributed by atoms with Crippen LogP contribution >= 0.6 is 11.6 Å². The number of methoxy groups -OCH3 is 1. The summed E-state index contributed by atoms with van der Waals surface area (Å²) in [4.78, 5) is 28.9. The summed E-state index contributed by atoms with van der Waals surface area (Å²) in [5.41, 5.74) is 3.40. The standard InChI is InChI=1S/C26H25ClN2O3/c1-32-26(31)22-9-7-21(8-10-22)25(30)29-17-15-28(16-18-29)24(19-5-3-2-4-6-19)20-11-13-23(27)14-12-20/h2-14,24H,15-18H2,1H3/t24-/m1/s1. The van der Waals surface area contributed by atoms with E-state index in [0.29, 0.717) is 29.2 Å². The van der Waals surface area contributed by atoms with E-state index in [1.165, 1.54) is 18.2 Å². The Morgan fingerprint density at radius 3 is 1.94 bits per heavy atom. The summed E-state index contributed by atoms with van der Waals surface area (Å²) in [6, 6.07) is 25.1. The monoisotopic (exact) mass is 448 g/mol. The number of benzene rings is 3. The van der Waals surface area contributed by atoms with Gasteiger partial charge in [-0.25, -0.2) is 4.79 Å². The molecule has 1 saturated heterocycles. The van der Waals surface area contributed by atoms with E-state index < -0.39 is 5.97 Å². The van der Waals surface area contributed by atoms with E-state index in [4.69, 9.17) is 16.3 Å². The van der Waals surface area contributed by atoms with Crippen molar-refractivity contribution in [1.82, 2.24) is 9.80 Å². The van der Waals surface area contributed by atoms with E-state index in [1.54, 1.807) is 24.3 Å². The molecule has 1 aliphatic heterocycles. The van der Waals surface area contributed by atoms with Crippen molar-refractivity contribution >= 4 is 23.5 Å². The lowest BCUT2D eigenvalue weighted by Crippen LogP contribution is -2.49. The van der Waals surface area contributed by atoms with Crippen LogP contribution in [0.2, 0.25) is 5.02 Å². The van der Waals surface area contributed by atoms with Gasteiger partial charge in [0.05, 0.1) is 18.7 Å². The van der Waals surface area contributed by atoms with E-state index in [2.05, 4.69) is 41.3 Å². The second-order valence-corrected chi connectivity index (χ2v) is 8.20. The lowest BCUT2D eigenvalue weighted by molar-refractivity contribution is 0.0587. The van der Waals surface area contributed by atoms with Crippen molar-refractivity contribution in [2.75, 3.05) is 33.3 Å². The van der Waals surface area contributed by atoms with E-state index in [9.17, 15) is 9.59 Å². The van der Waals surface area contributed by atoms with Crippen molar-refractivity contribution in [3.63, 3.8) is 0 Å². The predicted molar refractivity (Wildman–Crippen MR) is 125 cm³/mol. The average Bonchev–Trinajstić information content (AvgIpc) is 2.85. The third-order valence-electron chi connectivity index (χ3n) is 5.82. The van der Waals surface area contributed by atoms with Crippen molar-refractivity contribution in [3.05, 3.63) is 106 Å². The van der Waals surface area contributed by atoms with Gasteiger partial charge >= 0.3 is 5.97 Å². The second-order valence-electron chi connectivity index (χ2n) is 7.76. The molecule has 1 atom stereocenters.